The zero-order chi connectivity index (χ0) is 16.2. The van der Waals surface area contributed by atoms with Crippen LogP contribution in [0.2, 0.25) is 0 Å². The summed E-state index contributed by atoms with van der Waals surface area (Å²) in [6, 6.07) is -0.148. The summed E-state index contributed by atoms with van der Waals surface area (Å²) in [5.74, 6) is 1.12. The lowest BCUT2D eigenvalue weighted by Crippen LogP contribution is -2.54. The van der Waals surface area contributed by atoms with Gasteiger partial charge in [-0.05, 0) is 26.2 Å². The lowest BCUT2D eigenvalue weighted by Gasteiger charge is -2.44. The van der Waals surface area contributed by atoms with Crippen molar-refractivity contribution < 1.29 is 13.2 Å². The van der Waals surface area contributed by atoms with E-state index < -0.39 is 9.84 Å². The standard InChI is InChI=1S/C15H28N2O3S2/c1-13(6-11-22(2,19)20)16-14(18)17-9-10-21-15(12-17)7-4-3-5-8-15/h13H,3-12H2,1-2H3,(H,16,18)/t13-/m1/s1. The largest absolute Gasteiger partial charge is 0.336 e. The first-order chi connectivity index (χ1) is 10.3. The first-order valence-corrected chi connectivity index (χ1v) is 11.2. The predicted molar refractivity (Wildman–Crippen MR) is 92.2 cm³/mol. The molecule has 1 heterocycles. The van der Waals surface area contributed by atoms with Gasteiger partial charge >= 0.3 is 6.03 Å². The van der Waals surface area contributed by atoms with Gasteiger partial charge in [-0.3, -0.25) is 0 Å². The van der Waals surface area contributed by atoms with Gasteiger partial charge in [0, 0.05) is 35.9 Å². The Balaban J connectivity index is 1.83. The Morgan fingerprint density at radius 1 is 1.32 bits per heavy atom. The van der Waals surface area contributed by atoms with Crippen molar-refractivity contribution in [2.24, 2.45) is 0 Å². The van der Waals surface area contributed by atoms with Crippen molar-refractivity contribution in [1.82, 2.24) is 10.2 Å². The number of carbonyl (C=O) groups excluding carboxylic acids is 1. The van der Waals surface area contributed by atoms with Gasteiger partial charge in [-0.25, -0.2) is 13.2 Å². The predicted octanol–water partition coefficient (Wildman–Crippen LogP) is 2.27. The van der Waals surface area contributed by atoms with Crippen LogP contribution in [0, 0.1) is 0 Å². The summed E-state index contributed by atoms with van der Waals surface area (Å²) in [7, 11) is -2.97. The summed E-state index contributed by atoms with van der Waals surface area (Å²) in [5.41, 5.74) is 0. The van der Waals surface area contributed by atoms with E-state index in [1.54, 1.807) is 0 Å². The number of amides is 2. The van der Waals surface area contributed by atoms with Crippen molar-refractivity contribution in [3.8, 4) is 0 Å². The van der Waals surface area contributed by atoms with Crippen LogP contribution in [-0.2, 0) is 9.84 Å². The Bertz CT molecular complexity index is 482. The van der Waals surface area contributed by atoms with Gasteiger partial charge in [0.1, 0.15) is 9.84 Å². The molecule has 2 rings (SSSR count). The maximum atomic E-state index is 12.4. The molecule has 0 bridgehead atoms. The van der Waals surface area contributed by atoms with Gasteiger partial charge in [0.2, 0.25) is 0 Å². The van der Waals surface area contributed by atoms with Crippen molar-refractivity contribution in [3.05, 3.63) is 0 Å². The van der Waals surface area contributed by atoms with Crippen LogP contribution in [0.5, 0.6) is 0 Å². The van der Waals surface area contributed by atoms with E-state index in [1.807, 2.05) is 23.6 Å². The third kappa shape index (κ3) is 5.33. The number of nitrogens with zero attached hydrogens (tertiary/aromatic N) is 1. The fourth-order valence-corrected chi connectivity index (χ4v) is 5.63. The Kier molecular flexibility index (Phi) is 6.05. The van der Waals surface area contributed by atoms with E-state index in [0.29, 0.717) is 6.42 Å². The Hall–Kier alpha value is -0.430. The SMILES string of the molecule is C[C@H](CCS(C)(=O)=O)NC(=O)N1CCSC2(CCCCC2)C1. The van der Waals surface area contributed by atoms with Gasteiger partial charge in [-0.2, -0.15) is 11.8 Å². The fourth-order valence-electron chi connectivity index (χ4n) is 3.28. The summed E-state index contributed by atoms with van der Waals surface area (Å²) in [4.78, 5) is 14.3. The molecule has 2 aliphatic rings. The molecule has 22 heavy (non-hydrogen) atoms. The Morgan fingerprint density at radius 3 is 2.64 bits per heavy atom. The van der Waals surface area contributed by atoms with Crippen LogP contribution in [-0.4, -0.2) is 61.0 Å². The van der Waals surface area contributed by atoms with E-state index in [0.717, 1.165) is 18.8 Å². The summed E-state index contributed by atoms with van der Waals surface area (Å²) < 4.78 is 22.7. The number of carbonyl (C=O) groups is 1. The highest BCUT2D eigenvalue weighted by molar-refractivity contribution is 8.00. The van der Waals surface area contributed by atoms with Crippen molar-refractivity contribution in [1.29, 1.82) is 0 Å². The van der Waals surface area contributed by atoms with Crippen LogP contribution in [0.4, 0.5) is 4.79 Å². The van der Waals surface area contributed by atoms with Crippen LogP contribution in [0.25, 0.3) is 0 Å². The minimum absolute atomic E-state index is 0.0359. The molecule has 1 saturated heterocycles. The molecule has 128 valence electrons. The quantitative estimate of drug-likeness (QED) is 0.846. The molecule has 2 amide bonds. The maximum Gasteiger partial charge on any atom is 0.317 e. The highest BCUT2D eigenvalue weighted by Gasteiger charge is 2.38. The van der Waals surface area contributed by atoms with Gasteiger partial charge in [-0.15, -0.1) is 0 Å². The lowest BCUT2D eigenvalue weighted by molar-refractivity contribution is 0.182. The second kappa shape index (κ2) is 7.43. The Morgan fingerprint density at radius 2 is 2.00 bits per heavy atom. The summed E-state index contributed by atoms with van der Waals surface area (Å²) in [6.45, 7) is 3.50. The lowest BCUT2D eigenvalue weighted by atomic mass is 9.87. The normalized spacial score (nSPS) is 23.3. The van der Waals surface area contributed by atoms with Crippen LogP contribution in [0.15, 0.2) is 0 Å². The zero-order valence-electron chi connectivity index (χ0n) is 13.6. The van der Waals surface area contributed by atoms with Gasteiger partial charge in [0.05, 0.1) is 5.75 Å². The molecule has 1 aliphatic carbocycles. The zero-order valence-corrected chi connectivity index (χ0v) is 15.3. The molecule has 0 radical (unpaired) electrons. The molecular weight excluding hydrogens is 320 g/mol. The van der Waals surface area contributed by atoms with Crippen LogP contribution in [0.1, 0.15) is 45.4 Å². The van der Waals surface area contributed by atoms with Crippen LogP contribution >= 0.6 is 11.8 Å². The Labute approximate surface area is 138 Å². The monoisotopic (exact) mass is 348 g/mol. The number of urea groups is 1. The van der Waals surface area contributed by atoms with E-state index in [9.17, 15) is 13.2 Å². The molecular formula is C15H28N2O3S2. The minimum atomic E-state index is -2.97. The summed E-state index contributed by atoms with van der Waals surface area (Å²) >= 11 is 2.04. The first-order valence-electron chi connectivity index (χ1n) is 8.17. The molecule has 0 aromatic heterocycles. The van der Waals surface area contributed by atoms with Crippen LogP contribution < -0.4 is 5.32 Å². The average Bonchev–Trinajstić information content (AvgIpc) is 2.45. The summed E-state index contributed by atoms with van der Waals surface area (Å²) in [5, 5.41) is 2.96. The summed E-state index contributed by atoms with van der Waals surface area (Å²) in [6.07, 6.45) is 7.99. The molecule has 0 aromatic rings. The van der Waals surface area contributed by atoms with E-state index in [1.165, 1.54) is 38.4 Å². The van der Waals surface area contributed by atoms with E-state index in [4.69, 9.17) is 0 Å². The topological polar surface area (TPSA) is 66.5 Å². The van der Waals surface area contributed by atoms with Crippen LogP contribution in [0.3, 0.4) is 0 Å². The number of sulfone groups is 1. The van der Waals surface area contributed by atoms with E-state index in [2.05, 4.69) is 5.32 Å². The maximum absolute atomic E-state index is 12.4. The van der Waals surface area contributed by atoms with Crippen molar-refractivity contribution in [2.75, 3.05) is 30.9 Å². The number of thioether (sulfide) groups is 1. The van der Waals surface area contributed by atoms with E-state index in [-0.39, 0.29) is 22.6 Å². The molecule has 5 nitrogen and oxygen atoms in total. The average molecular weight is 349 g/mol. The molecule has 7 heteroatoms. The minimum Gasteiger partial charge on any atom is -0.336 e. The van der Waals surface area contributed by atoms with Gasteiger partial charge in [-0.1, -0.05) is 19.3 Å². The number of hydrogen-bond donors (Lipinski definition) is 1. The molecule has 0 unspecified atom stereocenters. The number of rotatable bonds is 4. The molecule has 0 aromatic carbocycles. The molecule has 1 N–H and O–H groups in total. The molecule has 1 aliphatic heterocycles. The molecule has 2 fully saturated rings. The highest BCUT2D eigenvalue weighted by Crippen LogP contribution is 2.42. The second-order valence-corrected chi connectivity index (χ2v) is 10.6. The third-order valence-electron chi connectivity index (χ3n) is 4.59. The van der Waals surface area contributed by atoms with Gasteiger partial charge < -0.3 is 10.2 Å². The first kappa shape index (κ1) is 17.9. The van der Waals surface area contributed by atoms with E-state index >= 15 is 0 Å². The van der Waals surface area contributed by atoms with Crippen molar-refractivity contribution in [2.45, 2.75) is 56.2 Å². The smallest absolute Gasteiger partial charge is 0.317 e. The molecule has 1 saturated carbocycles. The second-order valence-electron chi connectivity index (χ2n) is 6.78. The third-order valence-corrected chi connectivity index (χ3v) is 7.11. The number of hydrogen-bond acceptors (Lipinski definition) is 4. The number of nitrogens with one attached hydrogen (secondary N) is 1. The molecule has 1 atom stereocenters. The molecule has 1 spiro atoms. The van der Waals surface area contributed by atoms with Crippen molar-refractivity contribution >= 4 is 27.6 Å². The van der Waals surface area contributed by atoms with Gasteiger partial charge in [0.25, 0.3) is 0 Å². The fraction of sp³-hybridized carbons (Fsp3) is 0.933. The van der Waals surface area contributed by atoms with Crippen molar-refractivity contribution in [3.63, 3.8) is 0 Å². The highest BCUT2D eigenvalue weighted by atomic mass is 32.2. The van der Waals surface area contributed by atoms with Gasteiger partial charge in [0.15, 0.2) is 0 Å².